The van der Waals surface area contributed by atoms with Crippen molar-refractivity contribution in [1.29, 1.82) is 0 Å². The summed E-state index contributed by atoms with van der Waals surface area (Å²) in [5, 5.41) is 3.17. The number of benzene rings is 3. The number of nitrogens with one attached hydrogen (secondary N) is 1. The van der Waals surface area contributed by atoms with Gasteiger partial charge in [0.1, 0.15) is 5.75 Å². The molecule has 0 heterocycles. The fourth-order valence-electron chi connectivity index (χ4n) is 2.94. The Kier molecular flexibility index (Phi) is 6.64. The van der Waals surface area contributed by atoms with E-state index in [0.717, 1.165) is 16.9 Å². The van der Waals surface area contributed by atoms with Crippen LogP contribution >= 0.6 is 0 Å². The minimum Gasteiger partial charge on any atom is -0.494 e. The molecule has 138 valence electrons. The van der Waals surface area contributed by atoms with Crippen molar-refractivity contribution in [3.05, 3.63) is 102 Å². The maximum Gasteiger partial charge on any atom is 0.220 e. The van der Waals surface area contributed by atoms with Crippen LogP contribution in [0.4, 0.5) is 0 Å². The molecule has 3 aromatic rings. The summed E-state index contributed by atoms with van der Waals surface area (Å²) < 4.78 is 5.66. The zero-order chi connectivity index (χ0) is 18.9. The molecule has 27 heavy (non-hydrogen) atoms. The largest absolute Gasteiger partial charge is 0.494 e. The molecule has 0 fully saturated rings. The van der Waals surface area contributed by atoms with Crippen molar-refractivity contribution in [2.45, 2.75) is 25.8 Å². The maximum atomic E-state index is 12.5. The summed E-state index contributed by atoms with van der Waals surface area (Å²) in [4.78, 5) is 12.5. The molecule has 0 spiro atoms. The number of hydrogen-bond donors (Lipinski definition) is 1. The summed E-state index contributed by atoms with van der Waals surface area (Å²) in [7, 11) is 0. The van der Waals surface area contributed by atoms with Gasteiger partial charge in [0.25, 0.3) is 0 Å². The minimum absolute atomic E-state index is 0.0288. The molecule has 0 aliphatic heterocycles. The number of carbonyl (C=O) groups excluding carboxylic acids is 1. The van der Waals surface area contributed by atoms with Crippen molar-refractivity contribution in [2.24, 2.45) is 0 Å². The second kappa shape index (κ2) is 9.58. The smallest absolute Gasteiger partial charge is 0.220 e. The monoisotopic (exact) mass is 359 g/mol. The van der Waals surface area contributed by atoms with Gasteiger partial charge in [-0.1, -0.05) is 78.4 Å². The summed E-state index contributed by atoms with van der Waals surface area (Å²) in [6.07, 6.45) is 1.11. The van der Waals surface area contributed by atoms with Crippen molar-refractivity contribution in [3.63, 3.8) is 0 Å². The number of aryl methyl sites for hydroxylation is 1. The summed E-state index contributed by atoms with van der Waals surface area (Å²) in [5.74, 6) is 0.862. The van der Waals surface area contributed by atoms with Gasteiger partial charge in [0.15, 0.2) is 0 Å². The number of ether oxygens (including phenoxy) is 1. The summed E-state index contributed by atoms with van der Waals surface area (Å²) >= 11 is 0. The highest BCUT2D eigenvalue weighted by Gasteiger charge is 2.16. The van der Waals surface area contributed by atoms with E-state index >= 15 is 0 Å². The average Bonchev–Trinajstić information content (AvgIpc) is 2.72. The van der Waals surface area contributed by atoms with E-state index in [1.54, 1.807) is 0 Å². The third kappa shape index (κ3) is 5.71. The molecule has 1 N–H and O–H groups in total. The third-order valence-corrected chi connectivity index (χ3v) is 4.41. The van der Waals surface area contributed by atoms with Gasteiger partial charge < -0.3 is 10.1 Å². The Morgan fingerprint density at radius 2 is 1.44 bits per heavy atom. The van der Waals surface area contributed by atoms with Gasteiger partial charge in [-0.05, 0) is 36.6 Å². The normalized spacial score (nSPS) is 11.6. The van der Waals surface area contributed by atoms with Gasteiger partial charge in [0, 0.05) is 6.42 Å². The topological polar surface area (TPSA) is 38.3 Å². The molecule has 0 radical (unpaired) electrons. The average molecular weight is 359 g/mol. The summed E-state index contributed by atoms with van der Waals surface area (Å²) in [6.45, 7) is 2.59. The maximum absolute atomic E-state index is 12.5. The van der Waals surface area contributed by atoms with Crippen LogP contribution < -0.4 is 10.1 Å². The number of para-hydroxylation sites is 1. The molecule has 0 unspecified atom stereocenters. The Hall–Kier alpha value is -3.07. The molecule has 3 rings (SSSR count). The highest BCUT2D eigenvalue weighted by atomic mass is 16.5. The standard InChI is InChI=1S/C24H25NO2/c1-19-14-16-21(17-15-19)24(20-9-4-2-5-10-20)25-23(26)13-8-18-27-22-11-6-3-7-12-22/h2-7,9-12,14-17,24H,8,13,18H2,1H3,(H,25,26)/t24-/m1/s1. The van der Waals surface area contributed by atoms with E-state index in [4.69, 9.17) is 4.74 Å². The van der Waals surface area contributed by atoms with Crippen LogP contribution in [-0.2, 0) is 4.79 Å². The predicted molar refractivity (Wildman–Crippen MR) is 109 cm³/mol. The number of rotatable bonds is 8. The van der Waals surface area contributed by atoms with E-state index in [9.17, 15) is 4.79 Å². The van der Waals surface area contributed by atoms with Gasteiger partial charge in [0.05, 0.1) is 12.6 Å². The van der Waals surface area contributed by atoms with Gasteiger partial charge in [0.2, 0.25) is 5.91 Å². The number of amides is 1. The first-order valence-corrected chi connectivity index (χ1v) is 9.31. The van der Waals surface area contributed by atoms with E-state index in [1.165, 1.54) is 5.56 Å². The lowest BCUT2D eigenvalue weighted by atomic mass is 9.97. The Morgan fingerprint density at radius 3 is 2.11 bits per heavy atom. The molecule has 0 saturated carbocycles. The molecule has 3 heteroatoms. The van der Waals surface area contributed by atoms with Gasteiger partial charge in [-0.3, -0.25) is 4.79 Å². The van der Waals surface area contributed by atoms with E-state index < -0.39 is 0 Å². The van der Waals surface area contributed by atoms with E-state index in [2.05, 4.69) is 36.5 Å². The lowest BCUT2D eigenvalue weighted by molar-refractivity contribution is -0.121. The molecule has 0 aliphatic rings. The first kappa shape index (κ1) is 18.7. The molecule has 0 bridgehead atoms. The van der Waals surface area contributed by atoms with Crippen LogP contribution in [0, 0.1) is 6.92 Å². The van der Waals surface area contributed by atoms with Crippen LogP contribution in [0.5, 0.6) is 5.75 Å². The fraction of sp³-hybridized carbons (Fsp3) is 0.208. The Balaban J connectivity index is 1.58. The molecular weight excluding hydrogens is 334 g/mol. The van der Waals surface area contributed by atoms with Crippen molar-refractivity contribution < 1.29 is 9.53 Å². The quantitative estimate of drug-likeness (QED) is 0.571. The zero-order valence-electron chi connectivity index (χ0n) is 15.6. The van der Waals surface area contributed by atoms with Gasteiger partial charge >= 0.3 is 0 Å². The van der Waals surface area contributed by atoms with Crippen LogP contribution in [-0.4, -0.2) is 12.5 Å². The second-order valence-electron chi connectivity index (χ2n) is 6.59. The highest BCUT2D eigenvalue weighted by Crippen LogP contribution is 2.22. The molecule has 3 aromatic carbocycles. The van der Waals surface area contributed by atoms with Crippen molar-refractivity contribution in [2.75, 3.05) is 6.61 Å². The number of hydrogen-bond acceptors (Lipinski definition) is 2. The van der Waals surface area contributed by atoms with Crippen LogP contribution in [0.2, 0.25) is 0 Å². The molecular formula is C24H25NO2. The van der Waals surface area contributed by atoms with Gasteiger partial charge in [-0.15, -0.1) is 0 Å². The van der Waals surface area contributed by atoms with Crippen LogP contribution in [0.1, 0.15) is 35.6 Å². The third-order valence-electron chi connectivity index (χ3n) is 4.41. The van der Waals surface area contributed by atoms with Crippen molar-refractivity contribution in [1.82, 2.24) is 5.32 Å². The van der Waals surface area contributed by atoms with Crippen LogP contribution in [0.3, 0.4) is 0 Å². The molecule has 1 atom stereocenters. The summed E-state index contributed by atoms with van der Waals surface area (Å²) in [5.41, 5.74) is 3.37. The van der Waals surface area contributed by atoms with Crippen molar-refractivity contribution >= 4 is 5.91 Å². The SMILES string of the molecule is Cc1ccc([C@H](NC(=O)CCCOc2ccccc2)c2ccccc2)cc1. The Bertz CT molecular complexity index is 829. The van der Waals surface area contributed by atoms with Crippen LogP contribution in [0.25, 0.3) is 0 Å². The zero-order valence-corrected chi connectivity index (χ0v) is 15.6. The molecule has 3 nitrogen and oxygen atoms in total. The Labute approximate surface area is 161 Å². The minimum atomic E-state index is -0.144. The van der Waals surface area contributed by atoms with Crippen LogP contribution in [0.15, 0.2) is 84.9 Å². The predicted octanol–water partition coefficient (Wildman–Crippen LogP) is 5.06. The first-order valence-electron chi connectivity index (χ1n) is 9.31. The fourth-order valence-corrected chi connectivity index (χ4v) is 2.94. The van der Waals surface area contributed by atoms with Gasteiger partial charge in [-0.2, -0.15) is 0 Å². The molecule has 1 amide bonds. The molecule has 0 aromatic heterocycles. The van der Waals surface area contributed by atoms with E-state index in [1.807, 2.05) is 60.7 Å². The Morgan fingerprint density at radius 1 is 0.852 bits per heavy atom. The lowest BCUT2D eigenvalue weighted by Crippen LogP contribution is -2.29. The first-order chi connectivity index (χ1) is 13.2. The van der Waals surface area contributed by atoms with E-state index in [0.29, 0.717) is 19.4 Å². The van der Waals surface area contributed by atoms with Gasteiger partial charge in [-0.25, -0.2) is 0 Å². The molecule has 0 saturated heterocycles. The number of carbonyl (C=O) groups is 1. The lowest BCUT2D eigenvalue weighted by Gasteiger charge is -2.20. The second-order valence-corrected chi connectivity index (χ2v) is 6.59. The van der Waals surface area contributed by atoms with E-state index in [-0.39, 0.29) is 11.9 Å². The summed E-state index contributed by atoms with van der Waals surface area (Å²) in [6, 6.07) is 27.9. The molecule has 0 aliphatic carbocycles. The van der Waals surface area contributed by atoms with Crippen molar-refractivity contribution in [3.8, 4) is 5.75 Å². The highest BCUT2D eigenvalue weighted by molar-refractivity contribution is 5.77.